The standard InChI is InChI=1S/C21H28N4OS/c1-14-8-6-7-11-18(14)22-20(26)15(2)27-21-23-19(16-12-13-16)25(24-21)17-9-4-3-5-10-17/h3-5,9-10,14-16,18H,6-8,11-13H2,1-2H3,(H,22,26)/t14-,15+,18+/m0/s1. The van der Waals surface area contributed by atoms with E-state index in [1.165, 1.54) is 43.9 Å². The van der Waals surface area contributed by atoms with Gasteiger partial charge in [-0.05, 0) is 50.7 Å². The summed E-state index contributed by atoms with van der Waals surface area (Å²) in [5, 5.41) is 8.47. The molecule has 5 nitrogen and oxygen atoms in total. The Hall–Kier alpha value is -1.82. The van der Waals surface area contributed by atoms with Gasteiger partial charge in [-0.3, -0.25) is 4.79 Å². The first-order valence-electron chi connectivity index (χ1n) is 10.1. The molecule has 6 heteroatoms. The van der Waals surface area contributed by atoms with E-state index in [1.54, 1.807) is 0 Å². The van der Waals surface area contributed by atoms with E-state index in [1.807, 2.05) is 29.8 Å². The molecule has 0 saturated heterocycles. The van der Waals surface area contributed by atoms with Gasteiger partial charge in [0, 0.05) is 12.0 Å². The zero-order valence-electron chi connectivity index (χ0n) is 16.1. The first kappa shape index (κ1) is 18.5. The second kappa shape index (κ2) is 8.05. The summed E-state index contributed by atoms with van der Waals surface area (Å²) in [5.74, 6) is 2.19. The van der Waals surface area contributed by atoms with Crippen LogP contribution in [0, 0.1) is 5.92 Å². The van der Waals surface area contributed by atoms with Gasteiger partial charge in [-0.15, -0.1) is 5.10 Å². The zero-order valence-corrected chi connectivity index (χ0v) is 16.9. The zero-order chi connectivity index (χ0) is 18.8. The Balaban J connectivity index is 1.45. The molecule has 1 aromatic carbocycles. The third-order valence-corrected chi connectivity index (χ3v) is 6.60. The van der Waals surface area contributed by atoms with Crippen molar-refractivity contribution < 1.29 is 4.79 Å². The number of rotatable bonds is 6. The first-order valence-corrected chi connectivity index (χ1v) is 11.0. The second-order valence-electron chi connectivity index (χ2n) is 7.91. The Morgan fingerprint density at radius 3 is 2.63 bits per heavy atom. The van der Waals surface area contributed by atoms with Gasteiger partial charge in [-0.25, -0.2) is 9.67 Å². The fourth-order valence-electron chi connectivity index (χ4n) is 3.76. The lowest BCUT2D eigenvalue weighted by atomic mass is 9.86. The number of amides is 1. The molecule has 1 heterocycles. The second-order valence-corrected chi connectivity index (χ2v) is 9.22. The van der Waals surface area contributed by atoms with E-state index in [4.69, 9.17) is 10.1 Å². The maximum absolute atomic E-state index is 12.7. The number of thioether (sulfide) groups is 1. The van der Waals surface area contributed by atoms with Crippen molar-refractivity contribution in [3.63, 3.8) is 0 Å². The highest BCUT2D eigenvalue weighted by molar-refractivity contribution is 8.00. The number of nitrogens with one attached hydrogen (secondary N) is 1. The molecule has 144 valence electrons. The van der Waals surface area contributed by atoms with E-state index in [2.05, 4.69) is 24.4 Å². The Morgan fingerprint density at radius 2 is 1.93 bits per heavy atom. The van der Waals surface area contributed by atoms with Crippen LogP contribution in [0.2, 0.25) is 0 Å². The number of hydrogen-bond acceptors (Lipinski definition) is 4. The van der Waals surface area contributed by atoms with Crippen LogP contribution in [0.3, 0.4) is 0 Å². The monoisotopic (exact) mass is 384 g/mol. The third kappa shape index (κ3) is 4.37. The van der Waals surface area contributed by atoms with Crippen LogP contribution in [0.15, 0.2) is 35.5 Å². The molecule has 0 bridgehead atoms. The van der Waals surface area contributed by atoms with E-state index in [0.717, 1.165) is 17.9 Å². The molecule has 2 aliphatic carbocycles. The average molecular weight is 385 g/mol. The molecule has 2 aromatic rings. The minimum Gasteiger partial charge on any atom is -0.352 e. The molecule has 1 amide bonds. The van der Waals surface area contributed by atoms with Crippen LogP contribution in [-0.4, -0.2) is 32.0 Å². The van der Waals surface area contributed by atoms with Crippen LogP contribution in [-0.2, 0) is 4.79 Å². The van der Waals surface area contributed by atoms with Crippen molar-refractivity contribution in [3.05, 3.63) is 36.2 Å². The van der Waals surface area contributed by atoms with Gasteiger partial charge in [-0.2, -0.15) is 0 Å². The largest absolute Gasteiger partial charge is 0.352 e. The Kier molecular flexibility index (Phi) is 5.53. The van der Waals surface area contributed by atoms with Crippen LogP contribution in [0.4, 0.5) is 0 Å². The summed E-state index contributed by atoms with van der Waals surface area (Å²) in [4.78, 5) is 17.4. The Bertz CT molecular complexity index is 787. The number of hydrogen-bond donors (Lipinski definition) is 1. The number of benzene rings is 1. The van der Waals surface area contributed by atoms with Crippen LogP contribution in [0.1, 0.15) is 64.1 Å². The molecule has 1 aromatic heterocycles. The Labute approximate surface area is 165 Å². The molecule has 4 rings (SSSR count). The lowest BCUT2D eigenvalue weighted by Crippen LogP contribution is -2.44. The van der Waals surface area contributed by atoms with Gasteiger partial charge in [0.2, 0.25) is 11.1 Å². The third-order valence-electron chi connectivity index (χ3n) is 5.65. The van der Waals surface area contributed by atoms with Crippen molar-refractivity contribution in [2.45, 2.75) is 74.7 Å². The quantitative estimate of drug-likeness (QED) is 0.754. The van der Waals surface area contributed by atoms with Crippen molar-refractivity contribution in [2.75, 3.05) is 0 Å². The number of para-hydroxylation sites is 1. The maximum atomic E-state index is 12.7. The average Bonchev–Trinajstić information content (AvgIpc) is 3.44. The van der Waals surface area contributed by atoms with E-state index in [0.29, 0.717) is 23.0 Å². The van der Waals surface area contributed by atoms with Crippen molar-refractivity contribution in [3.8, 4) is 5.69 Å². The molecular formula is C21H28N4OS. The SMILES string of the molecule is C[C@@H](Sc1nc(C2CC2)n(-c2ccccc2)n1)C(=O)N[C@@H]1CCCC[C@@H]1C. The van der Waals surface area contributed by atoms with E-state index in [9.17, 15) is 4.79 Å². The molecule has 2 aliphatic rings. The molecule has 3 atom stereocenters. The highest BCUT2D eigenvalue weighted by Crippen LogP contribution is 2.40. The Morgan fingerprint density at radius 1 is 1.19 bits per heavy atom. The summed E-state index contributed by atoms with van der Waals surface area (Å²) in [6, 6.07) is 10.5. The van der Waals surface area contributed by atoms with Crippen LogP contribution < -0.4 is 5.32 Å². The minimum atomic E-state index is -0.196. The predicted molar refractivity (Wildman–Crippen MR) is 108 cm³/mol. The summed E-state index contributed by atoms with van der Waals surface area (Å²) < 4.78 is 1.95. The lowest BCUT2D eigenvalue weighted by molar-refractivity contribution is -0.121. The predicted octanol–water partition coefficient (Wildman–Crippen LogP) is 4.32. The van der Waals surface area contributed by atoms with Crippen LogP contribution in [0.25, 0.3) is 5.69 Å². The van der Waals surface area contributed by atoms with Crippen molar-refractivity contribution in [1.29, 1.82) is 0 Å². The number of carbonyl (C=O) groups excluding carboxylic acids is 1. The first-order chi connectivity index (χ1) is 13.1. The van der Waals surface area contributed by atoms with E-state index >= 15 is 0 Å². The van der Waals surface area contributed by atoms with E-state index < -0.39 is 0 Å². The molecule has 0 aliphatic heterocycles. The number of carbonyl (C=O) groups is 1. The van der Waals surface area contributed by atoms with Gasteiger partial charge in [-0.1, -0.05) is 49.7 Å². The molecular weight excluding hydrogens is 356 g/mol. The topological polar surface area (TPSA) is 59.8 Å². The number of aromatic nitrogens is 3. The summed E-state index contributed by atoms with van der Waals surface area (Å²) in [5.41, 5.74) is 1.03. The molecule has 0 unspecified atom stereocenters. The molecule has 0 radical (unpaired) electrons. The highest BCUT2D eigenvalue weighted by atomic mass is 32.2. The fraction of sp³-hybridized carbons (Fsp3) is 0.571. The van der Waals surface area contributed by atoms with Crippen molar-refractivity contribution in [2.24, 2.45) is 5.92 Å². The molecule has 1 N–H and O–H groups in total. The summed E-state index contributed by atoms with van der Waals surface area (Å²) >= 11 is 1.46. The molecule has 0 spiro atoms. The summed E-state index contributed by atoms with van der Waals surface area (Å²) in [7, 11) is 0. The minimum absolute atomic E-state index is 0.0998. The van der Waals surface area contributed by atoms with Crippen molar-refractivity contribution >= 4 is 17.7 Å². The van der Waals surface area contributed by atoms with Gasteiger partial charge in [0.05, 0.1) is 10.9 Å². The van der Waals surface area contributed by atoms with E-state index in [-0.39, 0.29) is 11.2 Å². The van der Waals surface area contributed by atoms with Gasteiger partial charge >= 0.3 is 0 Å². The lowest BCUT2D eigenvalue weighted by Gasteiger charge is -2.30. The van der Waals surface area contributed by atoms with Gasteiger partial charge in [0.25, 0.3) is 0 Å². The smallest absolute Gasteiger partial charge is 0.233 e. The fourth-order valence-corrected chi connectivity index (χ4v) is 4.53. The summed E-state index contributed by atoms with van der Waals surface area (Å²) in [6.45, 7) is 4.19. The van der Waals surface area contributed by atoms with Crippen LogP contribution in [0.5, 0.6) is 0 Å². The van der Waals surface area contributed by atoms with Gasteiger partial charge in [0.1, 0.15) is 5.82 Å². The summed E-state index contributed by atoms with van der Waals surface area (Å²) in [6.07, 6.45) is 7.14. The van der Waals surface area contributed by atoms with Crippen molar-refractivity contribution in [1.82, 2.24) is 20.1 Å². The normalized spacial score (nSPS) is 23.8. The molecule has 2 saturated carbocycles. The van der Waals surface area contributed by atoms with Crippen LogP contribution >= 0.6 is 11.8 Å². The number of nitrogens with zero attached hydrogens (tertiary/aromatic N) is 3. The van der Waals surface area contributed by atoms with Gasteiger partial charge < -0.3 is 5.32 Å². The van der Waals surface area contributed by atoms with Gasteiger partial charge in [0.15, 0.2) is 0 Å². The molecule has 2 fully saturated rings. The highest BCUT2D eigenvalue weighted by Gasteiger charge is 2.31. The maximum Gasteiger partial charge on any atom is 0.233 e. The molecule has 27 heavy (non-hydrogen) atoms.